The number of aryl methyl sites for hydroxylation is 2. The monoisotopic (exact) mass is 342 g/mol. The third-order valence-electron chi connectivity index (χ3n) is 5.25. The quantitative estimate of drug-likeness (QED) is 0.652. The van der Waals surface area contributed by atoms with E-state index in [1.54, 1.807) is 0 Å². The van der Waals surface area contributed by atoms with E-state index >= 15 is 0 Å². The van der Waals surface area contributed by atoms with Crippen LogP contribution in [-0.2, 0) is 25.7 Å². The first-order chi connectivity index (χ1) is 11.7. The fourth-order valence-corrected chi connectivity index (χ4v) is 4.96. The summed E-state index contributed by atoms with van der Waals surface area (Å²) < 4.78 is 2.94. The van der Waals surface area contributed by atoms with Crippen LogP contribution in [0.15, 0.2) is 6.07 Å². The molecule has 1 heterocycles. The minimum atomic E-state index is -0.117. The molecule has 0 atom stereocenters. The maximum Gasteiger partial charge on any atom is 0.329 e. The molecular weight excluding hydrogens is 320 g/mol. The van der Waals surface area contributed by atoms with Gasteiger partial charge < -0.3 is 5.32 Å². The number of fused-ring (bicyclic) bond motifs is 2. The molecule has 0 aromatic heterocycles. The Morgan fingerprint density at radius 1 is 1.21 bits per heavy atom. The molecule has 0 radical (unpaired) electrons. The lowest BCUT2D eigenvalue weighted by atomic mass is 9.99. The van der Waals surface area contributed by atoms with Crippen molar-refractivity contribution in [2.75, 3.05) is 25.0 Å². The van der Waals surface area contributed by atoms with Crippen LogP contribution in [0.2, 0.25) is 0 Å². The van der Waals surface area contributed by atoms with Gasteiger partial charge in [0.05, 0.1) is 17.9 Å². The van der Waals surface area contributed by atoms with Crippen LogP contribution >= 0.6 is 11.9 Å². The highest BCUT2D eigenvalue weighted by atomic mass is 32.2. The number of likely N-dealkylation sites (tertiary alicyclic amines) is 1. The van der Waals surface area contributed by atoms with Gasteiger partial charge in [0.25, 0.3) is 0 Å². The number of nitrogens with one attached hydrogen (secondary N) is 2. The molecule has 1 aromatic carbocycles. The molecule has 0 spiro atoms. The van der Waals surface area contributed by atoms with Crippen molar-refractivity contribution < 1.29 is 4.79 Å². The van der Waals surface area contributed by atoms with Crippen molar-refractivity contribution in [2.45, 2.75) is 43.8 Å². The summed E-state index contributed by atoms with van der Waals surface area (Å²) in [6, 6.07) is 4.41. The van der Waals surface area contributed by atoms with E-state index in [2.05, 4.69) is 27.1 Å². The van der Waals surface area contributed by atoms with Crippen LogP contribution in [0.1, 0.15) is 35.1 Å². The standard InChI is InChI=1S/C18H22N4OS/c19-7-8-22-10-14(11-22)24-21-18(23)20-17-15-5-1-3-12(15)9-13-4-2-6-16(13)17/h9,14H,1-6,8,10-11H2,(H2,20,21,23). The SMILES string of the molecule is N#CCN1CC(SNC(=O)Nc2c3c(cc4c2CCC4)CCC3)C1. The number of carbonyl (C=O) groups is 1. The van der Waals surface area contributed by atoms with Crippen LogP contribution in [0.3, 0.4) is 0 Å². The molecule has 0 saturated carbocycles. The van der Waals surface area contributed by atoms with Gasteiger partial charge in [0.15, 0.2) is 0 Å². The third-order valence-corrected chi connectivity index (χ3v) is 6.18. The van der Waals surface area contributed by atoms with Crippen LogP contribution in [-0.4, -0.2) is 35.8 Å². The number of amides is 2. The van der Waals surface area contributed by atoms with E-state index in [1.165, 1.54) is 47.0 Å². The normalized spacial score (nSPS) is 19.3. The van der Waals surface area contributed by atoms with Crippen molar-refractivity contribution in [3.63, 3.8) is 0 Å². The molecule has 6 heteroatoms. The smallest absolute Gasteiger partial charge is 0.307 e. The Morgan fingerprint density at radius 2 is 1.88 bits per heavy atom. The molecule has 5 nitrogen and oxygen atoms in total. The Bertz CT molecular complexity index is 674. The highest BCUT2D eigenvalue weighted by Crippen LogP contribution is 2.38. The average molecular weight is 342 g/mol. The lowest BCUT2D eigenvalue weighted by molar-refractivity contribution is 0.215. The topological polar surface area (TPSA) is 68.2 Å². The number of nitrogens with zero attached hydrogens (tertiary/aromatic N) is 2. The predicted octanol–water partition coefficient (Wildman–Crippen LogP) is 2.64. The van der Waals surface area contributed by atoms with Crippen molar-refractivity contribution in [3.05, 3.63) is 28.3 Å². The van der Waals surface area contributed by atoms with Crippen LogP contribution in [0, 0.1) is 11.3 Å². The molecule has 4 rings (SSSR count). The van der Waals surface area contributed by atoms with Crippen molar-refractivity contribution >= 4 is 23.7 Å². The molecule has 24 heavy (non-hydrogen) atoms. The van der Waals surface area contributed by atoms with Gasteiger partial charge >= 0.3 is 6.03 Å². The lowest BCUT2D eigenvalue weighted by Crippen LogP contribution is -2.50. The van der Waals surface area contributed by atoms with Gasteiger partial charge in [-0.3, -0.25) is 9.62 Å². The van der Waals surface area contributed by atoms with E-state index in [0.717, 1.165) is 44.5 Å². The first-order valence-corrected chi connectivity index (χ1v) is 9.61. The number of hydrogen-bond donors (Lipinski definition) is 2. The van der Waals surface area contributed by atoms with Gasteiger partial charge in [-0.1, -0.05) is 6.07 Å². The van der Waals surface area contributed by atoms with Crippen molar-refractivity contribution in [1.29, 1.82) is 5.26 Å². The predicted molar refractivity (Wildman–Crippen MR) is 96.1 cm³/mol. The summed E-state index contributed by atoms with van der Waals surface area (Å²) in [5.41, 5.74) is 6.68. The van der Waals surface area contributed by atoms with Crippen molar-refractivity contribution in [1.82, 2.24) is 9.62 Å². The summed E-state index contributed by atoms with van der Waals surface area (Å²) >= 11 is 1.47. The van der Waals surface area contributed by atoms with E-state index < -0.39 is 0 Å². The largest absolute Gasteiger partial charge is 0.329 e. The van der Waals surface area contributed by atoms with Gasteiger partial charge in [-0.25, -0.2) is 4.79 Å². The van der Waals surface area contributed by atoms with Crippen LogP contribution < -0.4 is 10.0 Å². The second-order valence-corrected chi connectivity index (χ2v) is 7.99. The maximum absolute atomic E-state index is 12.4. The second kappa shape index (κ2) is 6.66. The Morgan fingerprint density at radius 3 is 2.50 bits per heavy atom. The third kappa shape index (κ3) is 2.99. The fourth-order valence-electron chi connectivity index (χ4n) is 4.07. The maximum atomic E-state index is 12.4. The molecule has 0 unspecified atom stereocenters. The Labute approximate surface area is 146 Å². The Kier molecular flexibility index (Phi) is 4.38. The number of nitriles is 1. The molecular formula is C18H22N4OS. The zero-order valence-electron chi connectivity index (χ0n) is 13.7. The molecule has 1 aliphatic heterocycles. The molecule has 2 amide bonds. The number of hydrogen-bond acceptors (Lipinski definition) is 4. The highest BCUT2D eigenvalue weighted by molar-refractivity contribution is 7.98. The van der Waals surface area contributed by atoms with Gasteiger partial charge in [-0.2, -0.15) is 5.26 Å². The van der Waals surface area contributed by atoms with Crippen molar-refractivity contribution in [2.24, 2.45) is 0 Å². The van der Waals surface area contributed by atoms with E-state index in [-0.39, 0.29) is 6.03 Å². The number of benzene rings is 1. The van der Waals surface area contributed by atoms with Crippen LogP contribution in [0.25, 0.3) is 0 Å². The first kappa shape index (κ1) is 15.8. The zero-order chi connectivity index (χ0) is 16.5. The zero-order valence-corrected chi connectivity index (χ0v) is 14.5. The second-order valence-electron chi connectivity index (χ2n) is 6.88. The molecule has 3 aliphatic rings. The Balaban J connectivity index is 1.38. The Hall–Kier alpha value is -1.71. The van der Waals surface area contributed by atoms with E-state index in [4.69, 9.17) is 5.26 Å². The number of rotatable bonds is 4. The van der Waals surface area contributed by atoms with Gasteiger partial charge in [0, 0.05) is 18.8 Å². The summed E-state index contributed by atoms with van der Waals surface area (Å²) in [6.45, 7) is 2.22. The molecule has 1 saturated heterocycles. The molecule has 2 aliphatic carbocycles. The number of urea groups is 1. The van der Waals surface area contributed by atoms with E-state index in [1.807, 2.05) is 0 Å². The van der Waals surface area contributed by atoms with Crippen LogP contribution in [0.5, 0.6) is 0 Å². The summed E-state index contributed by atoms with van der Waals surface area (Å²) in [7, 11) is 0. The van der Waals surface area contributed by atoms with Gasteiger partial charge in [0.2, 0.25) is 0 Å². The first-order valence-electron chi connectivity index (χ1n) is 8.73. The lowest BCUT2D eigenvalue weighted by Gasteiger charge is -2.36. The molecule has 2 N–H and O–H groups in total. The fraction of sp³-hybridized carbons (Fsp3) is 0.556. The van der Waals surface area contributed by atoms with E-state index in [0.29, 0.717) is 11.8 Å². The molecule has 126 valence electrons. The van der Waals surface area contributed by atoms with Gasteiger partial charge in [-0.15, -0.1) is 0 Å². The number of anilines is 1. The van der Waals surface area contributed by atoms with Crippen molar-refractivity contribution in [3.8, 4) is 6.07 Å². The average Bonchev–Trinajstić information content (AvgIpc) is 3.17. The highest BCUT2D eigenvalue weighted by Gasteiger charge is 2.28. The molecule has 1 fully saturated rings. The minimum absolute atomic E-state index is 0.117. The molecule has 1 aromatic rings. The summed E-state index contributed by atoms with van der Waals surface area (Å²) in [5.74, 6) is 0. The molecule has 0 bridgehead atoms. The summed E-state index contributed by atoms with van der Waals surface area (Å²) in [5, 5.41) is 12.2. The van der Waals surface area contributed by atoms with Gasteiger partial charge in [0.1, 0.15) is 0 Å². The number of carbonyl (C=O) groups excluding carboxylic acids is 1. The summed E-state index contributed by atoms with van der Waals surface area (Å²) in [4.78, 5) is 14.4. The van der Waals surface area contributed by atoms with Gasteiger partial charge in [-0.05, 0) is 72.7 Å². The minimum Gasteiger partial charge on any atom is -0.307 e. The van der Waals surface area contributed by atoms with E-state index in [9.17, 15) is 4.79 Å². The van der Waals surface area contributed by atoms with Crippen LogP contribution in [0.4, 0.5) is 10.5 Å². The summed E-state index contributed by atoms with van der Waals surface area (Å²) in [6.07, 6.45) is 6.84.